The van der Waals surface area contributed by atoms with Gasteiger partial charge in [0.1, 0.15) is 16.2 Å². The average molecular weight is 447 g/mol. The van der Waals surface area contributed by atoms with E-state index in [1.807, 2.05) is 0 Å². The van der Waals surface area contributed by atoms with Crippen LogP contribution in [0.25, 0.3) is 11.4 Å². The summed E-state index contributed by atoms with van der Waals surface area (Å²) in [5, 5.41) is 19.5. The van der Waals surface area contributed by atoms with Gasteiger partial charge >= 0.3 is 5.97 Å². The molecule has 156 valence electrons. The normalized spacial score (nSPS) is 20.3. The summed E-state index contributed by atoms with van der Waals surface area (Å²) in [5.41, 5.74) is 1.81. The highest BCUT2D eigenvalue weighted by Crippen LogP contribution is 2.55. The number of benzene rings is 1. The number of hydrogen-bond acceptors (Lipinski definition) is 7. The molecule has 2 aromatic rings. The lowest BCUT2D eigenvalue weighted by molar-refractivity contribution is -0.139. The van der Waals surface area contributed by atoms with Gasteiger partial charge in [-0.1, -0.05) is 35.5 Å². The first-order valence-corrected chi connectivity index (χ1v) is 10.4. The lowest BCUT2D eigenvalue weighted by Gasteiger charge is -2.19. The number of rotatable bonds is 4. The van der Waals surface area contributed by atoms with E-state index in [-0.39, 0.29) is 23.4 Å². The molecule has 4 rings (SSSR count). The predicted molar refractivity (Wildman–Crippen MR) is 116 cm³/mol. The van der Waals surface area contributed by atoms with Crippen LogP contribution in [0.1, 0.15) is 26.5 Å². The van der Waals surface area contributed by atoms with Crippen molar-refractivity contribution in [2.45, 2.75) is 32.6 Å². The SMILES string of the molecule is CCOC(=O)C1=C2C(=C(C)n3c(=O)c(N=Nc4ccccc4Cl)c(C)n32)SC1(C)O. The van der Waals surface area contributed by atoms with Gasteiger partial charge in [-0.2, -0.15) is 0 Å². The Bertz CT molecular complexity index is 1240. The van der Waals surface area contributed by atoms with Crippen LogP contribution in [-0.2, 0) is 9.53 Å². The third-order valence-electron chi connectivity index (χ3n) is 4.92. The molecule has 0 spiro atoms. The van der Waals surface area contributed by atoms with E-state index < -0.39 is 10.9 Å². The summed E-state index contributed by atoms with van der Waals surface area (Å²) in [7, 11) is 0. The fourth-order valence-electron chi connectivity index (χ4n) is 3.58. The van der Waals surface area contributed by atoms with Gasteiger partial charge in [0.25, 0.3) is 5.56 Å². The van der Waals surface area contributed by atoms with Crippen LogP contribution >= 0.6 is 23.4 Å². The molecule has 0 aliphatic carbocycles. The van der Waals surface area contributed by atoms with Crippen LogP contribution < -0.4 is 5.56 Å². The number of ether oxygens (including phenoxy) is 1. The van der Waals surface area contributed by atoms with E-state index in [1.54, 1.807) is 49.7 Å². The van der Waals surface area contributed by atoms with E-state index in [1.165, 1.54) is 11.6 Å². The van der Waals surface area contributed by atoms with E-state index in [4.69, 9.17) is 16.3 Å². The zero-order valence-electron chi connectivity index (χ0n) is 16.8. The summed E-state index contributed by atoms with van der Waals surface area (Å²) in [6.45, 7) is 6.87. The Labute approximate surface area is 181 Å². The van der Waals surface area contributed by atoms with E-state index in [2.05, 4.69) is 10.2 Å². The Morgan fingerprint density at radius 1 is 1.27 bits per heavy atom. The third-order valence-corrected chi connectivity index (χ3v) is 6.53. The Morgan fingerprint density at radius 2 is 1.97 bits per heavy atom. The molecule has 2 aliphatic heterocycles. The van der Waals surface area contributed by atoms with Crippen LogP contribution in [0.3, 0.4) is 0 Å². The van der Waals surface area contributed by atoms with Gasteiger partial charge in [-0.25, -0.2) is 14.2 Å². The standard InChI is InChI=1S/C20H19ClN4O4S/c1-5-29-19(27)14-16-17(30-20(14,4)28)11(3)25-18(26)15(10(2)24(16)25)23-22-13-9-7-6-8-12(13)21/h6-9,28H,5H2,1-4H3. The summed E-state index contributed by atoms with van der Waals surface area (Å²) < 4.78 is 8.19. The molecule has 0 saturated carbocycles. The first-order valence-electron chi connectivity index (χ1n) is 9.25. The molecule has 10 heteroatoms. The second kappa shape index (κ2) is 7.26. The van der Waals surface area contributed by atoms with Gasteiger partial charge in [0.05, 0.1) is 33.6 Å². The van der Waals surface area contributed by atoms with Gasteiger partial charge in [-0.3, -0.25) is 4.79 Å². The highest BCUT2D eigenvalue weighted by molar-refractivity contribution is 8.05. The molecule has 8 nitrogen and oxygen atoms in total. The van der Waals surface area contributed by atoms with Gasteiger partial charge in [0.15, 0.2) is 5.69 Å². The molecule has 1 unspecified atom stereocenters. The van der Waals surface area contributed by atoms with E-state index in [9.17, 15) is 14.7 Å². The smallest absolute Gasteiger partial charge is 0.340 e. The van der Waals surface area contributed by atoms with Crippen molar-refractivity contribution in [3.05, 3.63) is 55.8 Å². The number of fused-ring (bicyclic) bond motifs is 3. The number of esters is 1. The van der Waals surface area contributed by atoms with E-state index in [0.717, 1.165) is 11.8 Å². The number of hydrogen-bond donors (Lipinski definition) is 1. The topological polar surface area (TPSA) is 98.2 Å². The lowest BCUT2D eigenvalue weighted by Crippen LogP contribution is -2.28. The number of thioether (sulfide) groups is 1. The zero-order valence-corrected chi connectivity index (χ0v) is 18.3. The molecule has 0 radical (unpaired) electrons. The lowest BCUT2D eigenvalue weighted by atomic mass is 10.1. The molecule has 30 heavy (non-hydrogen) atoms. The van der Waals surface area contributed by atoms with Crippen LogP contribution in [0.15, 0.2) is 49.8 Å². The van der Waals surface area contributed by atoms with Gasteiger partial charge in [0, 0.05) is 0 Å². The molecule has 2 aliphatic rings. The average Bonchev–Trinajstić information content (AvgIpc) is 3.21. The molecular weight excluding hydrogens is 428 g/mol. The maximum absolute atomic E-state index is 13.1. The van der Waals surface area contributed by atoms with Gasteiger partial charge in [-0.05, 0) is 39.8 Å². The predicted octanol–water partition coefficient (Wildman–Crippen LogP) is 4.46. The minimum Gasteiger partial charge on any atom is -0.462 e. The molecule has 0 bridgehead atoms. The summed E-state index contributed by atoms with van der Waals surface area (Å²) in [6, 6.07) is 6.92. The minimum atomic E-state index is -1.48. The van der Waals surface area contributed by atoms with Crippen molar-refractivity contribution >= 4 is 52.1 Å². The monoisotopic (exact) mass is 446 g/mol. The summed E-state index contributed by atoms with van der Waals surface area (Å²) >= 11 is 7.23. The second-order valence-corrected chi connectivity index (χ2v) is 8.77. The maximum Gasteiger partial charge on any atom is 0.340 e. The van der Waals surface area contributed by atoms with Crippen LogP contribution in [0.5, 0.6) is 0 Å². The first kappa shape index (κ1) is 20.6. The first-order chi connectivity index (χ1) is 14.2. The van der Waals surface area contributed by atoms with Gasteiger partial charge in [-0.15, -0.1) is 10.2 Å². The van der Waals surface area contributed by atoms with Crippen molar-refractivity contribution in [1.82, 2.24) is 9.36 Å². The zero-order chi connectivity index (χ0) is 21.8. The number of allylic oxidation sites excluding steroid dienone is 2. The Kier molecular flexibility index (Phi) is 5.00. The van der Waals surface area contributed by atoms with Crippen molar-refractivity contribution in [2.75, 3.05) is 6.61 Å². The Morgan fingerprint density at radius 3 is 2.63 bits per heavy atom. The number of aliphatic hydroxyl groups is 1. The molecule has 1 N–H and O–H groups in total. The maximum atomic E-state index is 13.1. The molecular formula is C20H19ClN4O4S. The Hall–Kier alpha value is -2.62. The van der Waals surface area contributed by atoms with E-state index in [0.29, 0.717) is 32.7 Å². The largest absolute Gasteiger partial charge is 0.462 e. The van der Waals surface area contributed by atoms with Crippen LogP contribution in [0.4, 0.5) is 11.4 Å². The molecule has 0 fully saturated rings. The number of aromatic nitrogens is 2. The van der Waals surface area contributed by atoms with Crippen LogP contribution in [-0.4, -0.2) is 32.0 Å². The fourth-order valence-corrected chi connectivity index (χ4v) is 4.95. The number of nitrogens with zero attached hydrogens (tertiary/aromatic N) is 4. The van der Waals surface area contributed by atoms with Gasteiger partial charge in [0.2, 0.25) is 0 Å². The Balaban J connectivity index is 1.92. The fraction of sp³-hybridized carbons (Fsp3) is 0.300. The minimum absolute atomic E-state index is 0.0997. The highest BCUT2D eigenvalue weighted by Gasteiger charge is 2.49. The third kappa shape index (κ3) is 2.96. The number of carbonyl (C=O) groups is 1. The van der Waals surface area contributed by atoms with E-state index >= 15 is 0 Å². The molecule has 0 amide bonds. The second-order valence-electron chi connectivity index (χ2n) is 6.96. The number of azo groups is 1. The molecule has 1 aromatic heterocycles. The molecule has 1 aromatic carbocycles. The highest BCUT2D eigenvalue weighted by atomic mass is 35.5. The summed E-state index contributed by atoms with van der Waals surface area (Å²) in [4.78, 5) is 24.9. The van der Waals surface area contributed by atoms with Gasteiger partial charge < -0.3 is 9.84 Å². The summed E-state index contributed by atoms with van der Waals surface area (Å²) in [5.74, 6) is -0.624. The van der Waals surface area contributed by atoms with Crippen LogP contribution in [0, 0.1) is 6.92 Å². The number of carbonyl (C=O) groups excluding carboxylic acids is 1. The van der Waals surface area contributed by atoms with Crippen LogP contribution in [0.2, 0.25) is 5.02 Å². The van der Waals surface area contributed by atoms with Crippen molar-refractivity contribution in [3.8, 4) is 0 Å². The molecule has 3 heterocycles. The van der Waals surface area contributed by atoms with Crippen molar-refractivity contribution in [1.29, 1.82) is 0 Å². The number of halogens is 1. The van der Waals surface area contributed by atoms with Crippen molar-refractivity contribution in [3.63, 3.8) is 0 Å². The van der Waals surface area contributed by atoms with Crippen molar-refractivity contribution in [2.24, 2.45) is 10.2 Å². The summed E-state index contributed by atoms with van der Waals surface area (Å²) in [6.07, 6.45) is 0. The van der Waals surface area contributed by atoms with Crippen molar-refractivity contribution < 1.29 is 14.6 Å². The molecule has 1 atom stereocenters. The molecule has 0 saturated heterocycles. The quantitative estimate of drug-likeness (QED) is 0.552.